The Hall–Kier alpha value is -5.29. The summed E-state index contributed by atoms with van der Waals surface area (Å²) in [6, 6.07) is 49.7. The third-order valence-electron chi connectivity index (χ3n) is 8.15. The molecule has 0 radical (unpaired) electrons. The second-order valence-electron chi connectivity index (χ2n) is 10.5. The standard InChI is InChI=1S/C36H27BN4/c1-26-24-25-38-36-34(26)40-32-22-11-12-23-33(32)41(37(40)39(36)29-18-9-4-10-19-29)35-30(27-14-5-2-6-15-27)20-13-21-31(35)28-16-7-3-8-17-28/h2-25H,1H3. The van der Waals surface area contributed by atoms with E-state index in [9.17, 15) is 0 Å². The van der Waals surface area contributed by atoms with E-state index < -0.39 is 0 Å². The summed E-state index contributed by atoms with van der Waals surface area (Å²) >= 11 is 0. The van der Waals surface area contributed by atoms with Crippen LogP contribution in [0.15, 0.2) is 146 Å². The van der Waals surface area contributed by atoms with E-state index in [1.165, 1.54) is 44.9 Å². The quantitative estimate of drug-likeness (QED) is 0.214. The van der Waals surface area contributed by atoms with Crippen molar-refractivity contribution in [2.75, 3.05) is 14.4 Å². The van der Waals surface area contributed by atoms with E-state index >= 15 is 0 Å². The molecule has 2 aliphatic rings. The number of rotatable bonds is 4. The fourth-order valence-electron chi connectivity index (χ4n) is 6.41. The molecule has 0 amide bonds. The number of para-hydroxylation sites is 4. The molecule has 0 N–H and O–H groups in total. The molecule has 0 saturated heterocycles. The third-order valence-corrected chi connectivity index (χ3v) is 8.15. The fourth-order valence-corrected chi connectivity index (χ4v) is 6.41. The SMILES string of the molecule is Cc1ccnc2c1N1B(N2c2ccccc2)N(c2c(-c3ccccc3)cccc2-c2ccccc2)c2ccccc21. The van der Waals surface area contributed by atoms with Crippen molar-refractivity contribution in [1.82, 2.24) is 4.98 Å². The van der Waals surface area contributed by atoms with E-state index in [1.54, 1.807) is 0 Å². The van der Waals surface area contributed by atoms with Gasteiger partial charge in [-0.3, -0.25) is 0 Å². The van der Waals surface area contributed by atoms with Gasteiger partial charge in [-0.25, -0.2) is 4.98 Å². The highest BCUT2D eigenvalue weighted by Gasteiger charge is 2.55. The maximum atomic E-state index is 4.98. The molecule has 194 valence electrons. The largest absolute Gasteiger partial charge is 0.520 e. The van der Waals surface area contributed by atoms with E-state index in [4.69, 9.17) is 4.98 Å². The lowest BCUT2D eigenvalue weighted by Crippen LogP contribution is -2.52. The Morgan fingerprint density at radius 2 is 1.00 bits per heavy atom. The number of fused-ring (bicyclic) bond motifs is 5. The van der Waals surface area contributed by atoms with Gasteiger partial charge in [0, 0.05) is 28.7 Å². The van der Waals surface area contributed by atoms with Gasteiger partial charge in [0.25, 0.3) is 0 Å². The predicted octanol–water partition coefficient (Wildman–Crippen LogP) is 9.15. The molecular formula is C36H27BN4. The van der Waals surface area contributed by atoms with Crippen molar-refractivity contribution in [3.63, 3.8) is 0 Å². The molecule has 1 aromatic heterocycles. The van der Waals surface area contributed by atoms with Gasteiger partial charge >= 0.3 is 7.12 Å². The third kappa shape index (κ3) is 3.59. The molecule has 0 unspecified atom stereocenters. The Bertz CT molecular complexity index is 1820. The molecule has 0 aliphatic carbocycles. The summed E-state index contributed by atoms with van der Waals surface area (Å²) in [5, 5.41) is 0. The summed E-state index contributed by atoms with van der Waals surface area (Å²) in [5.74, 6) is 0.971. The van der Waals surface area contributed by atoms with E-state index in [-0.39, 0.29) is 7.12 Å². The number of benzene rings is 5. The van der Waals surface area contributed by atoms with Crippen molar-refractivity contribution in [3.05, 3.63) is 151 Å². The maximum Gasteiger partial charge on any atom is 0.520 e. The van der Waals surface area contributed by atoms with Crippen molar-refractivity contribution in [3.8, 4) is 22.3 Å². The van der Waals surface area contributed by atoms with Crippen LogP contribution in [0.2, 0.25) is 0 Å². The van der Waals surface area contributed by atoms with Crippen molar-refractivity contribution < 1.29 is 0 Å². The maximum absolute atomic E-state index is 4.98. The van der Waals surface area contributed by atoms with Gasteiger partial charge in [-0.2, -0.15) is 0 Å². The van der Waals surface area contributed by atoms with Gasteiger partial charge in [-0.1, -0.05) is 109 Å². The fraction of sp³-hybridized carbons (Fsp3) is 0.0278. The van der Waals surface area contributed by atoms with Crippen LogP contribution < -0.4 is 14.4 Å². The minimum atomic E-state index is -0.175. The second kappa shape index (κ2) is 9.42. The van der Waals surface area contributed by atoms with Crippen LogP contribution in [0.5, 0.6) is 0 Å². The lowest BCUT2D eigenvalue weighted by molar-refractivity contribution is 1.22. The van der Waals surface area contributed by atoms with Gasteiger partial charge in [0.05, 0.1) is 17.1 Å². The molecule has 3 heterocycles. The Morgan fingerprint density at radius 3 is 1.59 bits per heavy atom. The number of aromatic nitrogens is 1. The molecule has 0 bridgehead atoms. The molecule has 5 heteroatoms. The number of nitrogens with zero attached hydrogens (tertiary/aromatic N) is 4. The summed E-state index contributed by atoms with van der Waals surface area (Å²) in [6.07, 6.45) is 1.93. The zero-order valence-electron chi connectivity index (χ0n) is 22.7. The van der Waals surface area contributed by atoms with Crippen LogP contribution in [0.4, 0.5) is 34.3 Å². The van der Waals surface area contributed by atoms with Crippen molar-refractivity contribution in [1.29, 1.82) is 0 Å². The highest BCUT2D eigenvalue weighted by molar-refractivity contribution is 6.80. The van der Waals surface area contributed by atoms with Gasteiger partial charge in [0.2, 0.25) is 0 Å². The first-order valence-electron chi connectivity index (χ1n) is 14.0. The topological polar surface area (TPSA) is 22.6 Å². The molecule has 5 aromatic carbocycles. The average Bonchev–Trinajstić information content (AvgIpc) is 3.55. The zero-order chi connectivity index (χ0) is 27.3. The Labute approximate surface area is 240 Å². The van der Waals surface area contributed by atoms with Crippen LogP contribution in [0.3, 0.4) is 0 Å². The molecule has 8 rings (SSSR count). The van der Waals surface area contributed by atoms with Crippen LogP contribution >= 0.6 is 0 Å². The Balaban J connectivity index is 1.47. The highest BCUT2D eigenvalue weighted by Crippen LogP contribution is 2.58. The predicted molar refractivity (Wildman–Crippen MR) is 171 cm³/mol. The van der Waals surface area contributed by atoms with Crippen LogP contribution in [-0.2, 0) is 0 Å². The monoisotopic (exact) mass is 526 g/mol. The summed E-state index contributed by atoms with van der Waals surface area (Å²) in [7, 11) is -0.175. The number of hydrogen-bond donors (Lipinski definition) is 0. The van der Waals surface area contributed by atoms with E-state index in [1.807, 2.05) is 6.20 Å². The Morgan fingerprint density at radius 1 is 0.488 bits per heavy atom. The van der Waals surface area contributed by atoms with Crippen LogP contribution in [0.1, 0.15) is 5.56 Å². The van der Waals surface area contributed by atoms with Crippen molar-refractivity contribution in [2.45, 2.75) is 6.92 Å². The summed E-state index contributed by atoms with van der Waals surface area (Å²) < 4.78 is 0. The molecule has 4 nitrogen and oxygen atoms in total. The van der Waals surface area contributed by atoms with Gasteiger partial charge < -0.3 is 14.4 Å². The van der Waals surface area contributed by atoms with Crippen molar-refractivity contribution >= 4 is 41.4 Å². The average molecular weight is 526 g/mol. The van der Waals surface area contributed by atoms with E-state index in [0.717, 1.165) is 17.2 Å². The molecule has 0 spiro atoms. The molecule has 0 atom stereocenters. The summed E-state index contributed by atoms with van der Waals surface area (Å²) in [6.45, 7) is 2.19. The number of hydrogen-bond acceptors (Lipinski definition) is 4. The summed E-state index contributed by atoms with van der Waals surface area (Å²) in [4.78, 5) is 12.4. The van der Waals surface area contributed by atoms with Crippen LogP contribution in [-0.4, -0.2) is 12.1 Å². The molecule has 41 heavy (non-hydrogen) atoms. The van der Waals surface area contributed by atoms with E-state index in [2.05, 4.69) is 161 Å². The van der Waals surface area contributed by atoms with E-state index in [0.29, 0.717) is 0 Å². The Kier molecular flexibility index (Phi) is 5.42. The number of anilines is 6. The first-order valence-corrected chi connectivity index (χ1v) is 14.0. The highest BCUT2D eigenvalue weighted by atomic mass is 15.5. The van der Waals surface area contributed by atoms with Crippen molar-refractivity contribution in [2.24, 2.45) is 0 Å². The van der Waals surface area contributed by atoms with Gasteiger partial charge in [0.1, 0.15) is 5.82 Å². The van der Waals surface area contributed by atoms with Gasteiger partial charge in [-0.05, 0) is 53.9 Å². The molecule has 2 aliphatic heterocycles. The van der Waals surface area contributed by atoms with Crippen LogP contribution in [0.25, 0.3) is 22.3 Å². The molecule has 0 fully saturated rings. The minimum absolute atomic E-state index is 0.175. The zero-order valence-corrected chi connectivity index (χ0v) is 22.7. The minimum Gasteiger partial charge on any atom is -0.342 e. The van der Waals surface area contributed by atoms with Crippen LogP contribution in [0, 0.1) is 6.92 Å². The first kappa shape index (κ1) is 23.6. The second-order valence-corrected chi connectivity index (χ2v) is 10.5. The normalized spacial score (nSPS) is 13.3. The van der Waals surface area contributed by atoms with Gasteiger partial charge in [-0.15, -0.1) is 0 Å². The lowest BCUT2D eigenvalue weighted by atomic mass is 9.83. The summed E-state index contributed by atoms with van der Waals surface area (Å²) in [5.41, 5.74) is 11.7. The molecule has 0 saturated carbocycles. The molecular weight excluding hydrogens is 499 g/mol. The molecule has 6 aromatic rings. The van der Waals surface area contributed by atoms with Gasteiger partial charge in [0.15, 0.2) is 0 Å². The number of pyridine rings is 1. The first-order chi connectivity index (χ1) is 20.3. The number of aryl methyl sites for hydroxylation is 1. The smallest absolute Gasteiger partial charge is 0.342 e. The lowest BCUT2D eigenvalue weighted by Gasteiger charge is -2.33.